The van der Waals surface area contributed by atoms with E-state index < -0.39 is 53.0 Å². The van der Waals surface area contributed by atoms with E-state index >= 15 is 0 Å². The summed E-state index contributed by atoms with van der Waals surface area (Å²) in [7, 11) is -12.5. The number of quaternary nitrogens is 1. The van der Waals surface area contributed by atoms with E-state index in [4.69, 9.17) is 0 Å². The third-order valence-corrected chi connectivity index (χ3v) is 8.57. The molecule has 0 saturated carbocycles. The van der Waals surface area contributed by atoms with Crippen molar-refractivity contribution in [2.45, 2.75) is 48.8 Å². The molecule has 0 N–H and O–H groups in total. The molecule has 1 unspecified atom stereocenters. The zero-order valence-electron chi connectivity index (χ0n) is 13.3. The highest BCUT2D eigenvalue weighted by Gasteiger charge is 2.69. The molecule has 13 heteroatoms. The van der Waals surface area contributed by atoms with Crippen LogP contribution in [-0.4, -0.2) is 57.2 Å². The number of halogens is 6. The van der Waals surface area contributed by atoms with Gasteiger partial charge in [-0.05, 0) is 19.8 Å². The molecule has 0 bridgehead atoms. The molecule has 0 saturated heterocycles. The van der Waals surface area contributed by atoms with Crippen molar-refractivity contribution < 1.29 is 47.7 Å². The van der Waals surface area contributed by atoms with Crippen LogP contribution in [0, 0.1) is 0 Å². The molecule has 24 heavy (non-hydrogen) atoms. The van der Waals surface area contributed by atoms with Crippen molar-refractivity contribution in [3.8, 4) is 0 Å². The second-order valence-electron chi connectivity index (χ2n) is 5.51. The zero-order chi connectivity index (χ0) is 19.6. The molecule has 0 radical (unpaired) electrons. The van der Waals surface area contributed by atoms with E-state index in [1.807, 2.05) is 0 Å². The zero-order valence-corrected chi connectivity index (χ0v) is 14.9. The minimum absolute atomic E-state index is 0.0814. The number of hydrogen-bond acceptors (Lipinski definition) is 4. The van der Waals surface area contributed by atoms with Crippen LogP contribution in [0.2, 0.25) is 0 Å². The fourth-order valence-electron chi connectivity index (χ4n) is 2.20. The predicted octanol–water partition coefficient (Wildman–Crippen LogP) is 2.80. The van der Waals surface area contributed by atoms with E-state index in [0.717, 1.165) is 14.0 Å². The molecule has 0 aromatic rings. The average Bonchev–Trinajstić information content (AvgIpc) is 2.35. The largest absolute Gasteiger partial charge is 0.504 e. The van der Waals surface area contributed by atoms with Crippen molar-refractivity contribution >= 4 is 19.7 Å². The Labute approximate surface area is 137 Å². The van der Waals surface area contributed by atoms with Gasteiger partial charge in [0, 0.05) is 0 Å². The Morgan fingerprint density at radius 3 is 1.46 bits per heavy atom. The molecule has 0 fully saturated rings. The van der Waals surface area contributed by atoms with Crippen LogP contribution in [0.25, 0.3) is 0 Å². The molecule has 0 heterocycles. The fraction of sp³-hybridized carbons (Fsp3) is 1.00. The summed E-state index contributed by atoms with van der Waals surface area (Å²) in [5.74, 6) is 0. The number of unbranched alkanes of at least 4 members (excludes halogenated alkanes) is 2. The SMILES string of the molecule is CCCCC[N+](C)(CC)C(S(=O)(=O)C(F)(F)F)S(=O)(=O)C(F)(F)F. The standard InChI is InChI=1S/C11H20F6NO4S2/c1-4-6-7-8-18(3,5-2)9(23(19,20)10(12,13)14)24(21,22)11(15,16)17/h9H,4-8H2,1-3H3/q+1. The van der Waals surface area contributed by atoms with Crippen LogP contribution in [0.4, 0.5) is 26.3 Å². The van der Waals surface area contributed by atoms with E-state index in [-0.39, 0.29) is 6.42 Å². The first-order valence-corrected chi connectivity index (χ1v) is 10.0. The Balaban J connectivity index is 6.47. The van der Waals surface area contributed by atoms with Crippen molar-refractivity contribution in [1.82, 2.24) is 0 Å². The van der Waals surface area contributed by atoms with E-state index in [0.29, 0.717) is 12.8 Å². The molecule has 0 rings (SSSR count). The molecule has 146 valence electrons. The van der Waals surface area contributed by atoms with Gasteiger partial charge in [0.2, 0.25) is 0 Å². The van der Waals surface area contributed by atoms with Gasteiger partial charge in [-0.25, -0.2) is 16.8 Å². The van der Waals surface area contributed by atoms with Crippen LogP contribution in [0.1, 0.15) is 33.1 Å². The van der Waals surface area contributed by atoms with E-state index in [9.17, 15) is 43.2 Å². The van der Waals surface area contributed by atoms with E-state index in [1.54, 1.807) is 6.92 Å². The normalized spacial score (nSPS) is 17.1. The molecule has 0 aliphatic heterocycles. The number of alkyl halides is 6. The molecular weight excluding hydrogens is 388 g/mol. The van der Waals surface area contributed by atoms with Gasteiger partial charge in [-0.2, -0.15) is 26.3 Å². The highest BCUT2D eigenvalue weighted by atomic mass is 32.3. The maximum atomic E-state index is 12.8. The van der Waals surface area contributed by atoms with Gasteiger partial charge in [0.1, 0.15) is 0 Å². The highest BCUT2D eigenvalue weighted by molar-refractivity contribution is 8.09. The first-order chi connectivity index (χ1) is 10.5. The fourth-order valence-corrected chi connectivity index (χ4v) is 6.50. The Morgan fingerprint density at radius 2 is 1.21 bits per heavy atom. The minimum Gasteiger partial charge on any atom is -0.298 e. The van der Waals surface area contributed by atoms with E-state index in [2.05, 4.69) is 0 Å². The summed E-state index contributed by atoms with van der Waals surface area (Å²) in [6, 6.07) is 0. The maximum Gasteiger partial charge on any atom is 0.504 e. The molecule has 0 aliphatic rings. The highest BCUT2D eigenvalue weighted by Crippen LogP contribution is 2.40. The lowest BCUT2D eigenvalue weighted by Gasteiger charge is -2.39. The molecule has 5 nitrogen and oxygen atoms in total. The van der Waals surface area contributed by atoms with Gasteiger partial charge < -0.3 is 0 Å². The topological polar surface area (TPSA) is 68.3 Å². The van der Waals surface area contributed by atoms with Crippen molar-refractivity contribution in [1.29, 1.82) is 0 Å². The lowest BCUT2D eigenvalue weighted by Crippen LogP contribution is -2.63. The third kappa shape index (κ3) is 4.54. The van der Waals surface area contributed by atoms with Crippen LogP contribution in [-0.2, 0) is 19.7 Å². The quantitative estimate of drug-likeness (QED) is 0.352. The number of nitrogens with zero attached hydrogens (tertiary/aromatic N) is 1. The van der Waals surface area contributed by atoms with Gasteiger partial charge in [0.25, 0.3) is 0 Å². The molecule has 1 atom stereocenters. The smallest absolute Gasteiger partial charge is 0.298 e. The Bertz CT molecular complexity index is 582. The summed E-state index contributed by atoms with van der Waals surface area (Å²) < 4.78 is 119. The Morgan fingerprint density at radius 1 is 0.833 bits per heavy atom. The average molecular weight is 408 g/mol. The lowest BCUT2D eigenvalue weighted by atomic mass is 10.2. The van der Waals surface area contributed by atoms with Crippen molar-refractivity contribution in [3.63, 3.8) is 0 Å². The number of rotatable bonds is 8. The lowest BCUT2D eigenvalue weighted by molar-refractivity contribution is -0.906. The van der Waals surface area contributed by atoms with Crippen molar-refractivity contribution in [3.05, 3.63) is 0 Å². The summed E-state index contributed by atoms with van der Waals surface area (Å²) in [5, 5.41) is 0. The monoisotopic (exact) mass is 408 g/mol. The van der Waals surface area contributed by atoms with Gasteiger partial charge >= 0.3 is 35.4 Å². The van der Waals surface area contributed by atoms with Gasteiger partial charge in [-0.1, -0.05) is 13.3 Å². The van der Waals surface area contributed by atoms with Crippen molar-refractivity contribution in [2.75, 3.05) is 20.1 Å². The molecular formula is C11H20F6NO4S2+. The molecule has 0 spiro atoms. The van der Waals surface area contributed by atoms with Crippen LogP contribution >= 0.6 is 0 Å². The van der Waals surface area contributed by atoms with Gasteiger partial charge in [-0.15, -0.1) is 0 Å². The van der Waals surface area contributed by atoms with Gasteiger partial charge in [0.05, 0.1) is 20.1 Å². The summed E-state index contributed by atoms with van der Waals surface area (Å²) in [6.45, 7) is 1.85. The van der Waals surface area contributed by atoms with Gasteiger partial charge in [0.15, 0.2) is 0 Å². The van der Waals surface area contributed by atoms with E-state index in [1.165, 1.54) is 0 Å². The summed E-state index contributed by atoms with van der Waals surface area (Å²) in [6.07, 6.45) is 1.04. The molecule has 0 aliphatic carbocycles. The summed E-state index contributed by atoms with van der Waals surface area (Å²) in [4.78, 5) is 0. The molecule has 0 aromatic carbocycles. The molecule has 0 amide bonds. The summed E-state index contributed by atoms with van der Waals surface area (Å²) in [5.41, 5.74) is -12.3. The number of hydrogen-bond donors (Lipinski definition) is 0. The second-order valence-corrected chi connectivity index (χ2v) is 9.81. The molecule has 0 aromatic heterocycles. The van der Waals surface area contributed by atoms with Gasteiger partial charge in [-0.3, -0.25) is 4.48 Å². The predicted molar refractivity (Wildman–Crippen MR) is 74.9 cm³/mol. The van der Waals surface area contributed by atoms with Crippen molar-refractivity contribution in [2.24, 2.45) is 0 Å². The minimum atomic E-state index is -6.62. The van der Waals surface area contributed by atoms with Crippen LogP contribution < -0.4 is 0 Å². The van der Waals surface area contributed by atoms with Crippen LogP contribution in [0.15, 0.2) is 0 Å². The number of sulfone groups is 2. The Hall–Kier alpha value is -0.560. The Kier molecular flexibility index (Phi) is 7.19. The second kappa shape index (κ2) is 7.36. The first-order valence-electron chi connectivity index (χ1n) is 6.93. The maximum absolute atomic E-state index is 12.8. The van der Waals surface area contributed by atoms with Crippen LogP contribution in [0.3, 0.4) is 0 Å². The third-order valence-electron chi connectivity index (χ3n) is 3.68. The summed E-state index contributed by atoms with van der Waals surface area (Å²) >= 11 is 0. The first kappa shape index (κ1) is 23.4. The van der Waals surface area contributed by atoms with Crippen LogP contribution in [0.5, 0.6) is 0 Å².